The van der Waals surface area contributed by atoms with E-state index < -0.39 is 6.10 Å². The van der Waals surface area contributed by atoms with Crippen molar-refractivity contribution in [2.24, 2.45) is 0 Å². The number of aliphatic hydroxyl groups is 1. The van der Waals surface area contributed by atoms with Crippen LogP contribution in [0.1, 0.15) is 11.7 Å². The van der Waals surface area contributed by atoms with E-state index in [1.807, 2.05) is 18.2 Å². The highest BCUT2D eigenvalue weighted by Gasteiger charge is 2.18. The fourth-order valence-corrected chi connectivity index (χ4v) is 3.02. The first-order valence-corrected chi connectivity index (χ1v) is 8.69. The molecule has 0 bridgehead atoms. The summed E-state index contributed by atoms with van der Waals surface area (Å²) in [5.41, 5.74) is 1.73. The first-order valence-electron chi connectivity index (χ1n) is 8.69. The number of methoxy groups -OCH3 is 1. The second-order valence-corrected chi connectivity index (χ2v) is 6.21. The average molecular weight is 354 g/mol. The van der Waals surface area contributed by atoms with Crippen molar-refractivity contribution in [1.29, 1.82) is 0 Å². The third kappa shape index (κ3) is 4.54. The Balaban J connectivity index is 1.51. The van der Waals surface area contributed by atoms with Gasteiger partial charge >= 0.3 is 0 Å². The largest absolute Gasteiger partial charge is 0.495 e. The molecule has 2 aromatic carbocycles. The van der Waals surface area contributed by atoms with Crippen LogP contribution >= 0.6 is 0 Å². The highest BCUT2D eigenvalue weighted by Crippen LogP contribution is 2.28. The Bertz CT molecular complexity index is 775. The van der Waals surface area contributed by atoms with Crippen molar-refractivity contribution in [3.63, 3.8) is 0 Å². The minimum atomic E-state index is -0.884. The summed E-state index contributed by atoms with van der Waals surface area (Å²) >= 11 is 0. The van der Waals surface area contributed by atoms with Gasteiger partial charge in [0.2, 0.25) is 0 Å². The monoisotopic (exact) mass is 354 g/mol. The van der Waals surface area contributed by atoms with Gasteiger partial charge in [0.25, 0.3) is 0 Å². The van der Waals surface area contributed by atoms with E-state index in [1.165, 1.54) is 12.1 Å². The minimum Gasteiger partial charge on any atom is -0.495 e. The fraction of sp³-hybridized carbons (Fsp3) is 0.333. The van der Waals surface area contributed by atoms with E-state index in [0.29, 0.717) is 12.1 Å². The van der Waals surface area contributed by atoms with Gasteiger partial charge in [0, 0.05) is 26.2 Å². The van der Waals surface area contributed by atoms with E-state index in [4.69, 9.17) is 4.74 Å². The number of hydrogen-bond acceptors (Lipinski definition) is 4. The highest BCUT2D eigenvalue weighted by atomic mass is 19.1. The van der Waals surface area contributed by atoms with E-state index in [1.54, 1.807) is 19.2 Å². The molecule has 1 heterocycles. The number of nitrogens with zero attached hydrogens (tertiary/aromatic N) is 2. The number of benzene rings is 2. The van der Waals surface area contributed by atoms with Crippen LogP contribution in [0, 0.1) is 17.7 Å². The zero-order chi connectivity index (χ0) is 18.4. The lowest BCUT2D eigenvalue weighted by Crippen LogP contribution is -2.46. The van der Waals surface area contributed by atoms with Gasteiger partial charge in [0.1, 0.15) is 17.7 Å². The molecule has 0 aromatic heterocycles. The lowest BCUT2D eigenvalue weighted by molar-refractivity contribution is 0.237. The van der Waals surface area contributed by atoms with Crippen molar-refractivity contribution in [2.45, 2.75) is 6.10 Å². The highest BCUT2D eigenvalue weighted by molar-refractivity contribution is 5.58. The van der Waals surface area contributed by atoms with Gasteiger partial charge in [-0.05, 0) is 29.8 Å². The van der Waals surface area contributed by atoms with Crippen LogP contribution in [0.4, 0.5) is 10.1 Å². The van der Waals surface area contributed by atoms with Crippen molar-refractivity contribution in [3.05, 3.63) is 59.9 Å². The molecule has 0 saturated carbocycles. The number of aliphatic hydroxyl groups excluding tert-OH is 1. The molecule has 1 aliphatic heterocycles. The summed E-state index contributed by atoms with van der Waals surface area (Å²) in [5, 5.41) is 10.1. The maximum Gasteiger partial charge on any atom is 0.142 e. The second-order valence-electron chi connectivity index (χ2n) is 6.21. The van der Waals surface area contributed by atoms with E-state index in [2.05, 4.69) is 27.7 Å². The predicted molar refractivity (Wildman–Crippen MR) is 101 cm³/mol. The molecule has 1 aliphatic rings. The first kappa shape index (κ1) is 18.2. The molecule has 5 heteroatoms. The molecule has 0 aliphatic carbocycles. The Kier molecular flexibility index (Phi) is 6.11. The molecule has 1 unspecified atom stereocenters. The lowest BCUT2D eigenvalue weighted by Gasteiger charge is -2.35. The molecule has 1 fully saturated rings. The number of ether oxygens (including phenoxy) is 1. The molecular weight excluding hydrogens is 331 g/mol. The van der Waals surface area contributed by atoms with Crippen LogP contribution in [0.2, 0.25) is 0 Å². The molecule has 0 amide bonds. The Morgan fingerprint density at radius 1 is 1.08 bits per heavy atom. The Morgan fingerprint density at radius 3 is 2.46 bits per heavy atom. The quantitative estimate of drug-likeness (QED) is 0.857. The Labute approximate surface area is 153 Å². The molecule has 3 rings (SSSR count). The van der Waals surface area contributed by atoms with Gasteiger partial charge in [0.05, 0.1) is 19.3 Å². The van der Waals surface area contributed by atoms with Crippen LogP contribution in [0.5, 0.6) is 5.75 Å². The lowest BCUT2D eigenvalue weighted by atomic mass is 10.1. The zero-order valence-corrected chi connectivity index (χ0v) is 14.9. The molecule has 1 saturated heterocycles. The SMILES string of the molecule is COc1ccccc1N1CCN(CC#CC(O)c2ccc(F)cc2)CC1. The molecule has 2 aromatic rings. The zero-order valence-electron chi connectivity index (χ0n) is 14.9. The summed E-state index contributed by atoms with van der Waals surface area (Å²) in [4.78, 5) is 4.58. The topological polar surface area (TPSA) is 35.9 Å². The summed E-state index contributed by atoms with van der Waals surface area (Å²) in [7, 11) is 1.69. The van der Waals surface area contributed by atoms with Crippen LogP contribution in [0.25, 0.3) is 0 Å². The molecule has 1 N–H and O–H groups in total. The third-order valence-corrected chi connectivity index (χ3v) is 4.53. The van der Waals surface area contributed by atoms with Crippen molar-refractivity contribution in [3.8, 4) is 17.6 Å². The molecule has 0 spiro atoms. The van der Waals surface area contributed by atoms with Crippen LogP contribution in [0.15, 0.2) is 48.5 Å². The number of piperazine rings is 1. The minimum absolute atomic E-state index is 0.318. The summed E-state index contributed by atoms with van der Waals surface area (Å²) in [6.07, 6.45) is -0.884. The van der Waals surface area contributed by atoms with Gasteiger partial charge in [-0.1, -0.05) is 36.1 Å². The van der Waals surface area contributed by atoms with Crippen molar-refractivity contribution in [2.75, 3.05) is 44.7 Å². The van der Waals surface area contributed by atoms with Crippen LogP contribution < -0.4 is 9.64 Å². The van der Waals surface area contributed by atoms with Gasteiger partial charge in [0.15, 0.2) is 0 Å². The number of rotatable bonds is 4. The second kappa shape index (κ2) is 8.70. The molecule has 1 atom stereocenters. The maximum absolute atomic E-state index is 12.9. The van der Waals surface area contributed by atoms with E-state index >= 15 is 0 Å². The Hall–Kier alpha value is -2.55. The number of para-hydroxylation sites is 2. The van der Waals surface area contributed by atoms with Gasteiger partial charge in [-0.3, -0.25) is 4.90 Å². The van der Waals surface area contributed by atoms with E-state index in [-0.39, 0.29) is 5.82 Å². The number of anilines is 1. The smallest absolute Gasteiger partial charge is 0.142 e. The van der Waals surface area contributed by atoms with Crippen LogP contribution in [0.3, 0.4) is 0 Å². The number of hydrogen-bond donors (Lipinski definition) is 1. The molecular formula is C21H23FN2O2. The first-order chi connectivity index (χ1) is 12.7. The summed E-state index contributed by atoms with van der Waals surface area (Å²) < 4.78 is 18.3. The number of halogens is 1. The van der Waals surface area contributed by atoms with Crippen molar-refractivity contribution >= 4 is 5.69 Å². The maximum atomic E-state index is 12.9. The van der Waals surface area contributed by atoms with Crippen LogP contribution in [-0.4, -0.2) is 49.8 Å². The fourth-order valence-electron chi connectivity index (χ4n) is 3.02. The standard InChI is InChI=1S/C21H23FN2O2/c1-26-21-7-3-2-5-19(21)24-15-13-23(14-16-24)12-4-6-20(25)17-8-10-18(22)11-9-17/h2-3,5,7-11,20,25H,12-16H2,1H3. The van der Waals surface area contributed by atoms with Gasteiger partial charge in [-0.15, -0.1) is 0 Å². The molecule has 4 nitrogen and oxygen atoms in total. The summed E-state index contributed by atoms with van der Waals surface area (Å²) in [6, 6.07) is 13.8. The van der Waals surface area contributed by atoms with Crippen molar-refractivity contribution in [1.82, 2.24) is 4.90 Å². The van der Waals surface area contributed by atoms with Gasteiger partial charge in [-0.25, -0.2) is 4.39 Å². The average Bonchev–Trinajstić information content (AvgIpc) is 2.69. The normalized spacial score (nSPS) is 15.9. The van der Waals surface area contributed by atoms with E-state index in [9.17, 15) is 9.50 Å². The van der Waals surface area contributed by atoms with Crippen molar-refractivity contribution < 1.29 is 14.2 Å². The summed E-state index contributed by atoms with van der Waals surface area (Å²) in [6.45, 7) is 4.22. The van der Waals surface area contributed by atoms with Gasteiger partial charge in [-0.2, -0.15) is 0 Å². The van der Waals surface area contributed by atoms with E-state index in [0.717, 1.165) is 37.6 Å². The summed E-state index contributed by atoms with van der Waals surface area (Å²) in [5.74, 6) is 6.44. The Morgan fingerprint density at radius 2 is 1.77 bits per heavy atom. The molecule has 26 heavy (non-hydrogen) atoms. The van der Waals surface area contributed by atoms with Gasteiger partial charge < -0.3 is 14.7 Å². The molecule has 0 radical (unpaired) electrons. The van der Waals surface area contributed by atoms with Crippen LogP contribution in [-0.2, 0) is 0 Å². The third-order valence-electron chi connectivity index (χ3n) is 4.53. The molecule has 136 valence electrons. The predicted octanol–water partition coefficient (Wildman–Crippen LogP) is 2.69.